The fourth-order valence-corrected chi connectivity index (χ4v) is 1.66. The van der Waals surface area contributed by atoms with Crippen LogP contribution in [0.5, 0.6) is 0 Å². The number of pyridine rings is 1. The van der Waals surface area contributed by atoms with Gasteiger partial charge in [-0.05, 0) is 30.3 Å². The summed E-state index contributed by atoms with van der Waals surface area (Å²) in [4.78, 5) is 15.8. The van der Waals surface area contributed by atoms with Crippen LogP contribution in [-0.2, 0) is 0 Å². The number of amides is 1. The van der Waals surface area contributed by atoms with Crippen LogP contribution in [-0.4, -0.2) is 10.9 Å². The molecule has 0 bridgehead atoms. The van der Waals surface area contributed by atoms with Crippen molar-refractivity contribution in [1.29, 1.82) is 0 Å². The molecule has 18 heavy (non-hydrogen) atoms. The van der Waals surface area contributed by atoms with Gasteiger partial charge in [-0.25, -0.2) is 4.98 Å². The summed E-state index contributed by atoms with van der Waals surface area (Å²) < 4.78 is 0. The van der Waals surface area contributed by atoms with Gasteiger partial charge in [-0.3, -0.25) is 4.79 Å². The number of carbonyl (C=O) groups is 1. The molecule has 1 heterocycles. The highest BCUT2D eigenvalue weighted by atomic mass is 35.5. The average molecular weight is 282 g/mol. The Bertz CT molecular complexity index is 584. The van der Waals surface area contributed by atoms with E-state index in [2.05, 4.69) is 10.3 Å². The highest BCUT2D eigenvalue weighted by molar-refractivity contribution is 6.35. The zero-order chi connectivity index (χ0) is 13.1. The summed E-state index contributed by atoms with van der Waals surface area (Å²) in [6.07, 6.45) is 1.41. The van der Waals surface area contributed by atoms with Gasteiger partial charge in [-0.1, -0.05) is 23.2 Å². The monoisotopic (exact) mass is 281 g/mol. The Balaban J connectivity index is 2.21. The van der Waals surface area contributed by atoms with E-state index in [4.69, 9.17) is 28.9 Å². The second kappa shape index (κ2) is 5.25. The van der Waals surface area contributed by atoms with E-state index in [-0.39, 0.29) is 11.6 Å². The summed E-state index contributed by atoms with van der Waals surface area (Å²) >= 11 is 11.8. The van der Waals surface area contributed by atoms with Crippen LogP contribution in [0.1, 0.15) is 10.5 Å². The molecule has 2 aromatic rings. The average Bonchev–Trinajstić information content (AvgIpc) is 2.34. The van der Waals surface area contributed by atoms with E-state index >= 15 is 0 Å². The number of benzene rings is 1. The summed E-state index contributed by atoms with van der Waals surface area (Å²) in [6.45, 7) is 0. The molecule has 92 valence electrons. The molecule has 6 heteroatoms. The molecule has 0 aliphatic carbocycles. The SMILES string of the molecule is Nc1ccc(C(=O)Nc2cc(Cl)ccc2Cl)nc1. The number of hydrogen-bond donors (Lipinski definition) is 2. The van der Waals surface area contributed by atoms with E-state index in [1.807, 2.05) is 0 Å². The first-order chi connectivity index (χ1) is 8.56. The van der Waals surface area contributed by atoms with Crippen LogP contribution in [0.3, 0.4) is 0 Å². The largest absolute Gasteiger partial charge is 0.397 e. The number of nitrogens with two attached hydrogens (primary N) is 1. The van der Waals surface area contributed by atoms with E-state index in [1.54, 1.807) is 24.3 Å². The molecule has 0 fully saturated rings. The molecule has 1 amide bonds. The molecule has 0 saturated carbocycles. The predicted molar refractivity (Wildman–Crippen MR) is 73.1 cm³/mol. The minimum Gasteiger partial charge on any atom is -0.397 e. The van der Waals surface area contributed by atoms with Gasteiger partial charge >= 0.3 is 0 Å². The Morgan fingerprint density at radius 3 is 2.67 bits per heavy atom. The maximum Gasteiger partial charge on any atom is 0.274 e. The topological polar surface area (TPSA) is 68.0 Å². The first kappa shape index (κ1) is 12.7. The Kier molecular flexibility index (Phi) is 3.69. The van der Waals surface area contributed by atoms with Crippen LogP contribution in [0, 0.1) is 0 Å². The lowest BCUT2D eigenvalue weighted by atomic mass is 10.3. The smallest absolute Gasteiger partial charge is 0.274 e. The maximum absolute atomic E-state index is 11.9. The summed E-state index contributed by atoms with van der Waals surface area (Å²) in [5, 5.41) is 3.52. The van der Waals surface area contributed by atoms with Gasteiger partial charge in [0.1, 0.15) is 5.69 Å². The van der Waals surface area contributed by atoms with Crippen molar-refractivity contribution in [2.24, 2.45) is 0 Å². The fraction of sp³-hybridized carbons (Fsp3) is 0. The molecule has 0 spiro atoms. The van der Waals surface area contributed by atoms with Crippen LogP contribution in [0.15, 0.2) is 36.5 Å². The number of rotatable bonds is 2. The third-order valence-corrected chi connectivity index (χ3v) is 2.76. The summed E-state index contributed by atoms with van der Waals surface area (Å²) in [6, 6.07) is 7.95. The van der Waals surface area contributed by atoms with Crippen LogP contribution in [0.4, 0.5) is 11.4 Å². The van der Waals surface area contributed by atoms with Crippen LogP contribution in [0.25, 0.3) is 0 Å². The number of hydrogen-bond acceptors (Lipinski definition) is 3. The molecule has 0 radical (unpaired) electrons. The summed E-state index contributed by atoms with van der Waals surface area (Å²) in [5.74, 6) is -0.376. The van der Waals surface area contributed by atoms with Gasteiger partial charge in [0.25, 0.3) is 5.91 Å². The number of anilines is 2. The minimum atomic E-state index is -0.376. The van der Waals surface area contributed by atoms with Gasteiger partial charge in [0.05, 0.1) is 22.6 Å². The molecular weight excluding hydrogens is 273 g/mol. The van der Waals surface area contributed by atoms with E-state index in [1.165, 1.54) is 12.3 Å². The van der Waals surface area contributed by atoms with Gasteiger partial charge < -0.3 is 11.1 Å². The molecule has 0 aliphatic heterocycles. The normalized spacial score (nSPS) is 10.1. The fourth-order valence-electron chi connectivity index (χ4n) is 1.32. The van der Waals surface area contributed by atoms with Gasteiger partial charge in [0.15, 0.2) is 0 Å². The molecule has 0 saturated heterocycles. The second-order valence-corrected chi connectivity index (χ2v) is 4.40. The highest BCUT2D eigenvalue weighted by Crippen LogP contribution is 2.25. The Labute approximate surface area is 114 Å². The molecule has 4 nitrogen and oxygen atoms in total. The van der Waals surface area contributed by atoms with Gasteiger partial charge in [0, 0.05) is 5.02 Å². The van der Waals surface area contributed by atoms with Crippen molar-refractivity contribution in [2.45, 2.75) is 0 Å². The summed E-state index contributed by atoms with van der Waals surface area (Å²) in [7, 11) is 0. The molecule has 1 aromatic heterocycles. The van der Waals surface area contributed by atoms with Crippen molar-refractivity contribution in [2.75, 3.05) is 11.1 Å². The third kappa shape index (κ3) is 2.91. The number of carbonyl (C=O) groups excluding carboxylic acids is 1. The minimum absolute atomic E-state index is 0.250. The van der Waals surface area contributed by atoms with E-state index in [0.29, 0.717) is 21.4 Å². The van der Waals surface area contributed by atoms with Crippen molar-refractivity contribution in [3.63, 3.8) is 0 Å². The number of halogens is 2. The number of nitrogen functional groups attached to an aromatic ring is 1. The predicted octanol–water partition coefficient (Wildman–Crippen LogP) is 3.22. The highest BCUT2D eigenvalue weighted by Gasteiger charge is 2.09. The third-order valence-electron chi connectivity index (χ3n) is 2.20. The zero-order valence-electron chi connectivity index (χ0n) is 9.15. The lowest BCUT2D eigenvalue weighted by Gasteiger charge is -2.07. The summed E-state index contributed by atoms with van der Waals surface area (Å²) in [5.41, 5.74) is 6.67. The molecule has 0 atom stereocenters. The standard InChI is InChI=1S/C12H9Cl2N3O/c13-7-1-3-9(14)11(5-7)17-12(18)10-4-2-8(15)6-16-10/h1-6H,15H2,(H,17,18). The molecule has 2 rings (SSSR count). The van der Waals surface area contributed by atoms with Gasteiger partial charge in [-0.2, -0.15) is 0 Å². The molecule has 1 aromatic carbocycles. The Morgan fingerprint density at radius 2 is 2.00 bits per heavy atom. The van der Waals surface area contributed by atoms with E-state index in [0.717, 1.165) is 0 Å². The van der Waals surface area contributed by atoms with E-state index in [9.17, 15) is 4.79 Å². The number of nitrogens with zero attached hydrogens (tertiary/aromatic N) is 1. The van der Waals surface area contributed by atoms with Gasteiger partial charge in [-0.15, -0.1) is 0 Å². The van der Waals surface area contributed by atoms with E-state index < -0.39 is 0 Å². The molecule has 3 N–H and O–H groups in total. The lowest BCUT2D eigenvalue weighted by Crippen LogP contribution is -2.13. The molecule has 0 aliphatic rings. The van der Waals surface area contributed by atoms with Crippen LogP contribution in [0.2, 0.25) is 10.0 Å². The van der Waals surface area contributed by atoms with Crippen molar-refractivity contribution in [3.8, 4) is 0 Å². The second-order valence-electron chi connectivity index (χ2n) is 3.56. The molecular formula is C12H9Cl2N3O. The molecule has 0 unspecified atom stereocenters. The number of aromatic nitrogens is 1. The van der Waals surface area contributed by atoms with Crippen LogP contribution >= 0.6 is 23.2 Å². The van der Waals surface area contributed by atoms with Crippen molar-refractivity contribution >= 4 is 40.5 Å². The maximum atomic E-state index is 11.9. The van der Waals surface area contributed by atoms with Crippen molar-refractivity contribution in [1.82, 2.24) is 4.98 Å². The quantitative estimate of drug-likeness (QED) is 0.888. The van der Waals surface area contributed by atoms with Crippen molar-refractivity contribution < 1.29 is 4.79 Å². The van der Waals surface area contributed by atoms with Crippen molar-refractivity contribution in [3.05, 3.63) is 52.3 Å². The first-order valence-electron chi connectivity index (χ1n) is 5.04. The Morgan fingerprint density at radius 1 is 1.22 bits per heavy atom. The Hall–Kier alpha value is -1.78. The van der Waals surface area contributed by atoms with Gasteiger partial charge in [0.2, 0.25) is 0 Å². The first-order valence-corrected chi connectivity index (χ1v) is 5.80. The lowest BCUT2D eigenvalue weighted by molar-refractivity contribution is 0.102. The van der Waals surface area contributed by atoms with Crippen LogP contribution < -0.4 is 11.1 Å². The zero-order valence-corrected chi connectivity index (χ0v) is 10.7. The number of nitrogens with one attached hydrogen (secondary N) is 1.